The Labute approximate surface area is 126 Å². The topological polar surface area (TPSA) is 94.0 Å². The standard InChI is InChI=1S/C14H15ClN4O2/c15-10-3-1-9(2-4-10)12-18-11(21-19-12)5-8-17-13(20)14(16)6-7-14/h1-4H,5-8,16H2,(H,17,20). The van der Waals surface area contributed by atoms with E-state index >= 15 is 0 Å². The number of hydrogen-bond acceptors (Lipinski definition) is 5. The van der Waals surface area contributed by atoms with Gasteiger partial charge in [0.1, 0.15) is 0 Å². The second kappa shape index (κ2) is 5.46. The number of nitrogens with one attached hydrogen (secondary N) is 1. The molecule has 6 nitrogen and oxygen atoms in total. The summed E-state index contributed by atoms with van der Waals surface area (Å²) in [5, 5.41) is 7.34. The lowest BCUT2D eigenvalue weighted by Crippen LogP contribution is -2.43. The molecule has 2 aromatic rings. The summed E-state index contributed by atoms with van der Waals surface area (Å²) in [6, 6.07) is 7.18. The lowest BCUT2D eigenvalue weighted by molar-refractivity contribution is -0.123. The predicted octanol–water partition coefficient (Wildman–Crippen LogP) is 1.54. The molecule has 1 aliphatic carbocycles. The van der Waals surface area contributed by atoms with E-state index in [0.717, 1.165) is 18.4 Å². The van der Waals surface area contributed by atoms with E-state index in [1.54, 1.807) is 12.1 Å². The van der Waals surface area contributed by atoms with Gasteiger partial charge in [-0.1, -0.05) is 16.8 Å². The highest BCUT2D eigenvalue weighted by molar-refractivity contribution is 6.30. The van der Waals surface area contributed by atoms with Crippen molar-refractivity contribution in [3.05, 3.63) is 35.2 Å². The van der Waals surface area contributed by atoms with Gasteiger partial charge >= 0.3 is 0 Å². The highest BCUT2D eigenvalue weighted by Gasteiger charge is 2.45. The molecule has 1 amide bonds. The number of hydrogen-bond donors (Lipinski definition) is 2. The number of nitrogens with zero attached hydrogens (tertiary/aromatic N) is 2. The van der Waals surface area contributed by atoms with Crippen LogP contribution in [0.2, 0.25) is 5.02 Å². The molecule has 0 spiro atoms. The maximum atomic E-state index is 11.7. The van der Waals surface area contributed by atoms with Gasteiger partial charge in [0.05, 0.1) is 5.54 Å². The number of rotatable bonds is 5. The summed E-state index contributed by atoms with van der Waals surface area (Å²) in [4.78, 5) is 15.9. The molecule has 0 saturated heterocycles. The molecular weight excluding hydrogens is 292 g/mol. The van der Waals surface area contributed by atoms with Crippen molar-refractivity contribution >= 4 is 17.5 Å². The van der Waals surface area contributed by atoms with E-state index in [0.29, 0.717) is 29.7 Å². The molecule has 1 aromatic carbocycles. The van der Waals surface area contributed by atoms with Crippen molar-refractivity contribution in [2.45, 2.75) is 24.8 Å². The van der Waals surface area contributed by atoms with Crippen LogP contribution >= 0.6 is 11.6 Å². The minimum Gasteiger partial charge on any atom is -0.354 e. The number of carbonyl (C=O) groups is 1. The van der Waals surface area contributed by atoms with Crippen molar-refractivity contribution in [1.82, 2.24) is 15.5 Å². The van der Waals surface area contributed by atoms with Crippen LogP contribution in [0.1, 0.15) is 18.7 Å². The molecule has 3 rings (SSSR count). The SMILES string of the molecule is NC1(C(=O)NCCc2nc(-c3ccc(Cl)cc3)no2)CC1. The predicted molar refractivity (Wildman–Crippen MR) is 77.6 cm³/mol. The third kappa shape index (κ3) is 3.22. The van der Waals surface area contributed by atoms with Crippen LogP contribution in [0.5, 0.6) is 0 Å². The first-order chi connectivity index (χ1) is 10.1. The summed E-state index contributed by atoms with van der Waals surface area (Å²) in [6.45, 7) is 0.431. The third-order valence-electron chi connectivity index (χ3n) is 3.44. The first-order valence-electron chi connectivity index (χ1n) is 6.72. The van der Waals surface area contributed by atoms with Gasteiger partial charge in [-0.15, -0.1) is 0 Å². The van der Waals surface area contributed by atoms with Crippen molar-refractivity contribution in [1.29, 1.82) is 0 Å². The number of benzene rings is 1. The molecule has 1 fully saturated rings. The summed E-state index contributed by atoms with van der Waals surface area (Å²) in [5.74, 6) is 0.868. The normalized spacial score (nSPS) is 15.7. The van der Waals surface area contributed by atoms with Crippen molar-refractivity contribution in [2.75, 3.05) is 6.54 Å². The zero-order valence-electron chi connectivity index (χ0n) is 11.3. The van der Waals surface area contributed by atoms with E-state index in [4.69, 9.17) is 21.9 Å². The Hall–Kier alpha value is -1.92. The van der Waals surface area contributed by atoms with E-state index in [9.17, 15) is 4.79 Å². The van der Waals surface area contributed by atoms with Crippen molar-refractivity contribution in [3.8, 4) is 11.4 Å². The Balaban J connectivity index is 1.55. The largest absolute Gasteiger partial charge is 0.354 e. The van der Waals surface area contributed by atoms with Gasteiger partial charge in [-0.2, -0.15) is 4.98 Å². The molecule has 0 atom stereocenters. The van der Waals surface area contributed by atoms with Crippen LogP contribution in [0, 0.1) is 0 Å². The fourth-order valence-electron chi connectivity index (χ4n) is 1.89. The van der Waals surface area contributed by atoms with E-state index in [1.807, 2.05) is 12.1 Å². The van der Waals surface area contributed by atoms with E-state index < -0.39 is 5.54 Å². The fourth-order valence-corrected chi connectivity index (χ4v) is 2.02. The number of carbonyl (C=O) groups excluding carboxylic acids is 1. The highest BCUT2D eigenvalue weighted by Crippen LogP contribution is 2.31. The number of aromatic nitrogens is 2. The van der Waals surface area contributed by atoms with Gasteiger partial charge < -0.3 is 15.6 Å². The maximum Gasteiger partial charge on any atom is 0.240 e. The Bertz CT molecular complexity index is 649. The smallest absolute Gasteiger partial charge is 0.240 e. The molecule has 0 radical (unpaired) electrons. The molecule has 1 aliphatic rings. The highest BCUT2D eigenvalue weighted by atomic mass is 35.5. The quantitative estimate of drug-likeness (QED) is 0.874. The summed E-state index contributed by atoms with van der Waals surface area (Å²) in [5.41, 5.74) is 5.97. The van der Waals surface area contributed by atoms with Crippen LogP contribution in [-0.2, 0) is 11.2 Å². The second-order valence-electron chi connectivity index (χ2n) is 5.18. The van der Waals surface area contributed by atoms with Gasteiger partial charge in [0.15, 0.2) is 0 Å². The molecular formula is C14H15ClN4O2. The monoisotopic (exact) mass is 306 g/mol. The van der Waals surface area contributed by atoms with E-state index in [1.165, 1.54) is 0 Å². The Morgan fingerprint density at radius 1 is 1.38 bits per heavy atom. The molecule has 1 saturated carbocycles. The summed E-state index contributed by atoms with van der Waals surface area (Å²) < 4.78 is 5.16. The van der Waals surface area contributed by atoms with Crippen LogP contribution in [0.25, 0.3) is 11.4 Å². The molecule has 0 bridgehead atoms. The Morgan fingerprint density at radius 2 is 2.10 bits per heavy atom. The van der Waals surface area contributed by atoms with Gasteiger partial charge in [-0.25, -0.2) is 0 Å². The molecule has 110 valence electrons. The average Bonchev–Trinajstić information content (AvgIpc) is 3.06. The summed E-state index contributed by atoms with van der Waals surface area (Å²) in [6.07, 6.45) is 1.97. The number of halogens is 1. The molecule has 21 heavy (non-hydrogen) atoms. The van der Waals surface area contributed by atoms with Crippen LogP contribution < -0.4 is 11.1 Å². The van der Waals surface area contributed by atoms with Gasteiger partial charge in [-0.3, -0.25) is 4.79 Å². The molecule has 0 unspecified atom stereocenters. The molecule has 3 N–H and O–H groups in total. The van der Waals surface area contributed by atoms with Gasteiger partial charge in [0, 0.05) is 23.6 Å². The zero-order chi connectivity index (χ0) is 14.9. The summed E-state index contributed by atoms with van der Waals surface area (Å²) >= 11 is 5.83. The molecule has 7 heteroatoms. The van der Waals surface area contributed by atoms with Crippen LogP contribution in [0.15, 0.2) is 28.8 Å². The minimum absolute atomic E-state index is 0.111. The lowest BCUT2D eigenvalue weighted by Gasteiger charge is -2.08. The molecule has 1 aromatic heterocycles. The average molecular weight is 307 g/mol. The van der Waals surface area contributed by atoms with Crippen molar-refractivity contribution < 1.29 is 9.32 Å². The second-order valence-corrected chi connectivity index (χ2v) is 5.62. The Morgan fingerprint density at radius 3 is 2.76 bits per heavy atom. The first kappa shape index (κ1) is 14.0. The maximum absolute atomic E-state index is 11.7. The van der Waals surface area contributed by atoms with E-state index in [2.05, 4.69) is 15.5 Å². The lowest BCUT2D eigenvalue weighted by atomic mass is 10.2. The van der Waals surface area contributed by atoms with Gasteiger partial charge in [0.2, 0.25) is 17.6 Å². The number of nitrogens with two attached hydrogens (primary N) is 1. The fraction of sp³-hybridized carbons (Fsp3) is 0.357. The van der Waals surface area contributed by atoms with Crippen LogP contribution in [0.3, 0.4) is 0 Å². The van der Waals surface area contributed by atoms with Crippen LogP contribution in [-0.4, -0.2) is 28.1 Å². The molecule has 0 aliphatic heterocycles. The van der Waals surface area contributed by atoms with E-state index in [-0.39, 0.29) is 5.91 Å². The van der Waals surface area contributed by atoms with Crippen LogP contribution in [0.4, 0.5) is 0 Å². The summed E-state index contributed by atoms with van der Waals surface area (Å²) in [7, 11) is 0. The van der Waals surface area contributed by atoms with Gasteiger partial charge in [0.25, 0.3) is 0 Å². The van der Waals surface area contributed by atoms with Crippen molar-refractivity contribution in [3.63, 3.8) is 0 Å². The number of amides is 1. The van der Waals surface area contributed by atoms with Gasteiger partial charge in [-0.05, 0) is 37.1 Å². The zero-order valence-corrected chi connectivity index (χ0v) is 12.1. The first-order valence-corrected chi connectivity index (χ1v) is 7.10. The Kier molecular flexibility index (Phi) is 3.65. The van der Waals surface area contributed by atoms with Crippen molar-refractivity contribution in [2.24, 2.45) is 5.73 Å². The third-order valence-corrected chi connectivity index (χ3v) is 3.69. The molecule has 1 heterocycles. The minimum atomic E-state index is -0.649.